The van der Waals surface area contributed by atoms with Crippen LogP contribution in [0.1, 0.15) is 32.6 Å². The van der Waals surface area contributed by atoms with Gasteiger partial charge in [0.25, 0.3) is 0 Å². The highest BCUT2D eigenvalue weighted by molar-refractivity contribution is 5.67. The molecule has 4 heteroatoms. The standard InChI is InChI=1S/C13H24N2O2/c1-2-3-9-17-13(16)15-8-5-12(11-15)10-14-6-4-7-14/h12H,2-11H2,1H3. The van der Waals surface area contributed by atoms with E-state index < -0.39 is 0 Å². The van der Waals surface area contributed by atoms with Gasteiger partial charge in [-0.1, -0.05) is 13.3 Å². The second-order valence-corrected chi connectivity index (χ2v) is 5.22. The van der Waals surface area contributed by atoms with Gasteiger partial charge in [0.15, 0.2) is 0 Å². The minimum absolute atomic E-state index is 0.107. The lowest BCUT2D eigenvalue weighted by Crippen LogP contribution is -2.41. The number of nitrogens with zero attached hydrogens (tertiary/aromatic N) is 2. The van der Waals surface area contributed by atoms with E-state index in [9.17, 15) is 4.79 Å². The van der Waals surface area contributed by atoms with Gasteiger partial charge in [-0.05, 0) is 38.3 Å². The Morgan fingerprint density at radius 1 is 1.35 bits per heavy atom. The van der Waals surface area contributed by atoms with Crippen molar-refractivity contribution in [2.75, 3.05) is 39.3 Å². The first-order valence-electron chi connectivity index (χ1n) is 6.93. The molecule has 0 aromatic heterocycles. The molecule has 1 amide bonds. The molecule has 0 aromatic rings. The molecule has 0 N–H and O–H groups in total. The molecular weight excluding hydrogens is 216 g/mol. The van der Waals surface area contributed by atoms with Gasteiger partial charge in [-0.25, -0.2) is 4.79 Å². The minimum Gasteiger partial charge on any atom is -0.449 e. The van der Waals surface area contributed by atoms with Crippen LogP contribution < -0.4 is 0 Å². The second-order valence-electron chi connectivity index (χ2n) is 5.22. The minimum atomic E-state index is -0.107. The van der Waals surface area contributed by atoms with Gasteiger partial charge in [-0.2, -0.15) is 0 Å². The van der Waals surface area contributed by atoms with Crippen LogP contribution in [0, 0.1) is 5.92 Å². The predicted octanol–water partition coefficient (Wildman–Crippen LogP) is 1.95. The molecule has 2 aliphatic heterocycles. The molecule has 0 aliphatic carbocycles. The average Bonchev–Trinajstić information content (AvgIpc) is 2.72. The third-order valence-electron chi connectivity index (χ3n) is 3.73. The molecule has 2 rings (SSSR count). The van der Waals surface area contributed by atoms with E-state index in [1.807, 2.05) is 4.90 Å². The Kier molecular flexibility index (Phi) is 4.66. The lowest BCUT2D eigenvalue weighted by molar-refractivity contribution is 0.105. The molecule has 1 atom stereocenters. The summed E-state index contributed by atoms with van der Waals surface area (Å²) in [5.74, 6) is 0.661. The molecule has 1 unspecified atom stereocenters. The van der Waals surface area contributed by atoms with E-state index in [4.69, 9.17) is 4.74 Å². The van der Waals surface area contributed by atoms with Crippen molar-refractivity contribution in [2.24, 2.45) is 5.92 Å². The Balaban J connectivity index is 1.63. The fraction of sp³-hybridized carbons (Fsp3) is 0.923. The van der Waals surface area contributed by atoms with Crippen LogP contribution in [0.2, 0.25) is 0 Å². The highest BCUT2D eigenvalue weighted by Gasteiger charge is 2.29. The fourth-order valence-corrected chi connectivity index (χ4v) is 2.47. The van der Waals surface area contributed by atoms with Gasteiger partial charge in [-0.15, -0.1) is 0 Å². The van der Waals surface area contributed by atoms with Gasteiger partial charge < -0.3 is 14.5 Å². The van der Waals surface area contributed by atoms with Gasteiger partial charge in [0.1, 0.15) is 0 Å². The Labute approximate surface area is 104 Å². The molecule has 0 radical (unpaired) electrons. The van der Waals surface area contributed by atoms with Gasteiger partial charge in [0.2, 0.25) is 0 Å². The van der Waals surface area contributed by atoms with Crippen molar-refractivity contribution in [3.63, 3.8) is 0 Å². The Morgan fingerprint density at radius 3 is 2.82 bits per heavy atom. The fourth-order valence-electron chi connectivity index (χ4n) is 2.47. The lowest BCUT2D eigenvalue weighted by atomic mass is 10.1. The van der Waals surface area contributed by atoms with Crippen LogP contribution in [0.5, 0.6) is 0 Å². The first-order chi connectivity index (χ1) is 8.29. The van der Waals surface area contributed by atoms with Crippen LogP contribution in [-0.2, 0) is 4.74 Å². The average molecular weight is 240 g/mol. The zero-order valence-electron chi connectivity index (χ0n) is 10.9. The lowest BCUT2D eigenvalue weighted by Gasteiger charge is -2.32. The number of hydrogen-bond donors (Lipinski definition) is 0. The summed E-state index contributed by atoms with van der Waals surface area (Å²) in [6.07, 6.45) is 4.42. The van der Waals surface area contributed by atoms with Crippen molar-refractivity contribution in [1.82, 2.24) is 9.80 Å². The number of unbranched alkanes of at least 4 members (excludes halogenated alkanes) is 1. The largest absolute Gasteiger partial charge is 0.449 e. The summed E-state index contributed by atoms with van der Waals surface area (Å²) in [7, 11) is 0. The molecular formula is C13H24N2O2. The van der Waals surface area contributed by atoms with Gasteiger partial charge in [0, 0.05) is 19.6 Å². The Bertz CT molecular complexity index is 254. The van der Waals surface area contributed by atoms with Crippen molar-refractivity contribution in [2.45, 2.75) is 32.6 Å². The SMILES string of the molecule is CCCCOC(=O)N1CCC(CN2CCC2)C1. The summed E-state index contributed by atoms with van der Waals surface area (Å²) in [4.78, 5) is 16.1. The molecule has 2 saturated heterocycles. The van der Waals surface area contributed by atoms with E-state index >= 15 is 0 Å². The van der Waals surface area contributed by atoms with Crippen LogP contribution in [0.15, 0.2) is 0 Å². The predicted molar refractivity (Wildman–Crippen MR) is 67.0 cm³/mol. The smallest absolute Gasteiger partial charge is 0.409 e. The van der Waals surface area contributed by atoms with Crippen LogP contribution in [-0.4, -0.2) is 55.2 Å². The van der Waals surface area contributed by atoms with Crippen molar-refractivity contribution in [3.05, 3.63) is 0 Å². The van der Waals surface area contributed by atoms with E-state index in [0.717, 1.165) is 32.4 Å². The van der Waals surface area contributed by atoms with Crippen molar-refractivity contribution < 1.29 is 9.53 Å². The van der Waals surface area contributed by atoms with Crippen molar-refractivity contribution >= 4 is 6.09 Å². The molecule has 2 heterocycles. The van der Waals surface area contributed by atoms with E-state index in [1.165, 1.54) is 26.1 Å². The highest BCUT2D eigenvalue weighted by atomic mass is 16.6. The van der Waals surface area contributed by atoms with Crippen molar-refractivity contribution in [3.8, 4) is 0 Å². The topological polar surface area (TPSA) is 32.8 Å². The first-order valence-corrected chi connectivity index (χ1v) is 6.93. The summed E-state index contributed by atoms with van der Waals surface area (Å²) in [5.41, 5.74) is 0. The third-order valence-corrected chi connectivity index (χ3v) is 3.73. The Morgan fingerprint density at radius 2 is 2.18 bits per heavy atom. The number of carbonyl (C=O) groups is 1. The molecule has 0 spiro atoms. The maximum Gasteiger partial charge on any atom is 0.409 e. The number of carbonyl (C=O) groups excluding carboxylic acids is 1. The van der Waals surface area contributed by atoms with E-state index in [2.05, 4.69) is 11.8 Å². The van der Waals surface area contributed by atoms with Gasteiger partial charge in [-0.3, -0.25) is 0 Å². The molecule has 0 saturated carbocycles. The third kappa shape index (κ3) is 3.60. The molecule has 98 valence electrons. The zero-order valence-corrected chi connectivity index (χ0v) is 10.9. The molecule has 4 nitrogen and oxygen atoms in total. The molecule has 0 aromatic carbocycles. The monoisotopic (exact) mass is 240 g/mol. The molecule has 2 aliphatic rings. The zero-order chi connectivity index (χ0) is 12.1. The number of likely N-dealkylation sites (tertiary alicyclic amines) is 2. The van der Waals surface area contributed by atoms with Crippen LogP contribution in [0.4, 0.5) is 4.79 Å². The number of rotatable bonds is 5. The number of hydrogen-bond acceptors (Lipinski definition) is 3. The quantitative estimate of drug-likeness (QED) is 0.689. The normalized spacial score (nSPS) is 24.8. The first kappa shape index (κ1) is 12.7. The van der Waals surface area contributed by atoms with Crippen LogP contribution in [0.3, 0.4) is 0 Å². The Hall–Kier alpha value is -0.770. The maximum atomic E-state index is 11.7. The summed E-state index contributed by atoms with van der Waals surface area (Å²) in [6.45, 7) is 8.11. The van der Waals surface area contributed by atoms with Crippen LogP contribution >= 0.6 is 0 Å². The van der Waals surface area contributed by atoms with E-state index in [1.54, 1.807) is 0 Å². The van der Waals surface area contributed by atoms with Crippen molar-refractivity contribution in [1.29, 1.82) is 0 Å². The van der Waals surface area contributed by atoms with E-state index in [-0.39, 0.29) is 6.09 Å². The molecule has 17 heavy (non-hydrogen) atoms. The second kappa shape index (κ2) is 6.24. The maximum absolute atomic E-state index is 11.7. The number of ether oxygens (including phenoxy) is 1. The molecule has 0 bridgehead atoms. The van der Waals surface area contributed by atoms with Gasteiger partial charge in [0.05, 0.1) is 6.61 Å². The van der Waals surface area contributed by atoms with E-state index in [0.29, 0.717) is 12.5 Å². The summed E-state index contributed by atoms with van der Waals surface area (Å²) >= 11 is 0. The summed E-state index contributed by atoms with van der Waals surface area (Å²) < 4.78 is 5.23. The highest BCUT2D eigenvalue weighted by Crippen LogP contribution is 2.20. The van der Waals surface area contributed by atoms with Gasteiger partial charge >= 0.3 is 6.09 Å². The summed E-state index contributed by atoms with van der Waals surface area (Å²) in [6, 6.07) is 0. The number of amides is 1. The van der Waals surface area contributed by atoms with Crippen LogP contribution in [0.25, 0.3) is 0 Å². The summed E-state index contributed by atoms with van der Waals surface area (Å²) in [5, 5.41) is 0. The molecule has 2 fully saturated rings.